The van der Waals surface area contributed by atoms with Gasteiger partial charge in [-0.15, -0.1) is 0 Å². The molecule has 1 aromatic carbocycles. The van der Waals surface area contributed by atoms with E-state index in [1.165, 1.54) is 32.4 Å². The number of methoxy groups -OCH3 is 2. The van der Waals surface area contributed by atoms with E-state index in [1.807, 2.05) is 4.72 Å². The lowest BCUT2D eigenvalue weighted by Gasteiger charge is -2.08. The Labute approximate surface area is 156 Å². The predicted octanol–water partition coefficient (Wildman–Crippen LogP) is 2.53. The van der Waals surface area contributed by atoms with Crippen LogP contribution >= 0.6 is 11.6 Å². The lowest BCUT2D eigenvalue weighted by Crippen LogP contribution is -2.32. The van der Waals surface area contributed by atoms with Gasteiger partial charge in [-0.3, -0.25) is 4.79 Å². The smallest absolute Gasteiger partial charge is 0.283 e. The maximum absolute atomic E-state index is 12.2. The summed E-state index contributed by atoms with van der Waals surface area (Å²) in [6.45, 7) is 0. The molecule has 0 aliphatic heterocycles. The van der Waals surface area contributed by atoms with Crippen LogP contribution in [0.4, 0.5) is 0 Å². The Balaban J connectivity index is 2.09. The molecule has 0 saturated carbocycles. The van der Waals surface area contributed by atoms with Crippen molar-refractivity contribution in [1.29, 1.82) is 0 Å². The monoisotopic (exact) mass is 396 g/mol. The van der Waals surface area contributed by atoms with Crippen LogP contribution in [0.3, 0.4) is 0 Å². The van der Waals surface area contributed by atoms with E-state index in [0.717, 1.165) is 0 Å². The second-order valence-corrected chi connectivity index (χ2v) is 7.25. The van der Waals surface area contributed by atoms with Crippen LogP contribution in [0, 0.1) is 0 Å². The SMILES string of the molecule is COc1cc(OC)nc(C(=O)NS(=O)(=O)CC=Cc2ccccc2Cl)c1. The van der Waals surface area contributed by atoms with E-state index in [-0.39, 0.29) is 11.6 Å². The molecule has 2 aromatic rings. The van der Waals surface area contributed by atoms with Crippen LogP contribution in [0.5, 0.6) is 11.6 Å². The van der Waals surface area contributed by atoms with Crippen molar-refractivity contribution in [3.8, 4) is 11.6 Å². The summed E-state index contributed by atoms with van der Waals surface area (Å²) >= 11 is 5.99. The van der Waals surface area contributed by atoms with Gasteiger partial charge >= 0.3 is 0 Å². The zero-order valence-corrected chi connectivity index (χ0v) is 15.7. The van der Waals surface area contributed by atoms with Crippen LogP contribution < -0.4 is 14.2 Å². The first-order valence-electron chi connectivity index (χ1n) is 7.40. The largest absolute Gasteiger partial charge is 0.496 e. The minimum absolute atomic E-state index is 0.130. The summed E-state index contributed by atoms with van der Waals surface area (Å²) in [6, 6.07) is 9.77. The van der Waals surface area contributed by atoms with Gasteiger partial charge in [0.1, 0.15) is 11.4 Å². The van der Waals surface area contributed by atoms with Crippen LogP contribution in [0.25, 0.3) is 6.08 Å². The zero-order chi connectivity index (χ0) is 19.2. The third-order valence-electron chi connectivity index (χ3n) is 3.22. The second kappa shape index (κ2) is 8.68. The molecule has 1 heterocycles. The van der Waals surface area contributed by atoms with Crippen molar-refractivity contribution in [2.45, 2.75) is 0 Å². The number of aromatic nitrogens is 1. The molecule has 0 fully saturated rings. The molecule has 7 nitrogen and oxygen atoms in total. The Kier molecular flexibility index (Phi) is 6.59. The van der Waals surface area contributed by atoms with E-state index in [2.05, 4.69) is 4.98 Å². The van der Waals surface area contributed by atoms with E-state index in [4.69, 9.17) is 21.1 Å². The van der Waals surface area contributed by atoms with Crippen molar-refractivity contribution < 1.29 is 22.7 Å². The quantitative estimate of drug-likeness (QED) is 0.772. The first-order chi connectivity index (χ1) is 12.3. The lowest BCUT2D eigenvalue weighted by molar-refractivity contribution is 0.0975. The minimum atomic E-state index is -3.90. The van der Waals surface area contributed by atoms with Gasteiger partial charge in [0, 0.05) is 17.2 Å². The Morgan fingerprint density at radius 1 is 1.23 bits per heavy atom. The molecule has 0 spiro atoms. The van der Waals surface area contributed by atoms with Crippen LogP contribution in [0.2, 0.25) is 5.02 Å². The molecular weight excluding hydrogens is 380 g/mol. The van der Waals surface area contributed by atoms with Gasteiger partial charge in [-0.2, -0.15) is 0 Å². The molecule has 1 amide bonds. The molecule has 26 heavy (non-hydrogen) atoms. The first-order valence-corrected chi connectivity index (χ1v) is 9.43. The Morgan fingerprint density at radius 3 is 2.62 bits per heavy atom. The molecule has 0 aliphatic carbocycles. The Bertz CT molecular complexity index is 906. The number of nitrogens with zero attached hydrogens (tertiary/aromatic N) is 1. The molecule has 9 heteroatoms. The van der Waals surface area contributed by atoms with Gasteiger partial charge in [0.25, 0.3) is 5.91 Å². The van der Waals surface area contributed by atoms with Crippen molar-refractivity contribution in [1.82, 2.24) is 9.71 Å². The number of halogens is 1. The molecular formula is C17H17ClN2O5S. The molecule has 138 valence electrons. The zero-order valence-electron chi connectivity index (χ0n) is 14.1. The highest BCUT2D eigenvalue weighted by atomic mass is 35.5. The van der Waals surface area contributed by atoms with E-state index in [1.54, 1.807) is 30.3 Å². The van der Waals surface area contributed by atoms with Crippen molar-refractivity contribution in [2.24, 2.45) is 0 Å². The number of benzene rings is 1. The number of hydrogen-bond acceptors (Lipinski definition) is 6. The van der Waals surface area contributed by atoms with Gasteiger partial charge in [0.15, 0.2) is 0 Å². The second-order valence-electron chi connectivity index (χ2n) is 5.07. The number of pyridine rings is 1. The Hall–Kier alpha value is -2.58. The number of hydrogen-bond donors (Lipinski definition) is 1. The van der Waals surface area contributed by atoms with E-state index in [9.17, 15) is 13.2 Å². The fraction of sp³-hybridized carbons (Fsp3) is 0.176. The predicted molar refractivity (Wildman–Crippen MR) is 99.1 cm³/mol. The molecule has 0 bridgehead atoms. The average molecular weight is 397 g/mol. The third kappa shape index (κ3) is 5.47. The van der Waals surface area contributed by atoms with Gasteiger partial charge in [0.05, 0.1) is 20.0 Å². The summed E-state index contributed by atoms with van der Waals surface area (Å²) in [6.07, 6.45) is 2.97. The third-order valence-corrected chi connectivity index (χ3v) is 4.69. The standard InChI is InChI=1S/C17H17ClN2O5S/c1-24-13-10-15(19-16(11-13)25-2)17(21)20-26(22,23)9-5-7-12-6-3-4-8-14(12)18/h3-8,10-11H,9H2,1-2H3,(H,20,21). The number of carbonyl (C=O) groups excluding carboxylic acids is 1. The average Bonchev–Trinajstić information content (AvgIpc) is 2.62. The van der Waals surface area contributed by atoms with Gasteiger partial charge in [0.2, 0.25) is 15.9 Å². The van der Waals surface area contributed by atoms with Crippen LogP contribution in [0.1, 0.15) is 16.1 Å². The normalized spacial score (nSPS) is 11.3. The molecule has 0 saturated heterocycles. The van der Waals surface area contributed by atoms with E-state index >= 15 is 0 Å². The number of carbonyl (C=O) groups is 1. The van der Waals surface area contributed by atoms with Crippen molar-refractivity contribution in [2.75, 3.05) is 20.0 Å². The van der Waals surface area contributed by atoms with Crippen LogP contribution in [0.15, 0.2) is 42.5 Å². The van der Waals surface area contributed by atoms with Crippen LogP contribution in [-0.2, 0) is 10.0 Å². The summed E-state index contributed by atoms with van der Waals surface area (Å²) in [4.78, 5) is 16.1. The van der Waals surface area contributed by atoms with Crippen LogP contribution in [-0.4, -0.2) is 39.3 Å². The lowest BCUT2D eigenvalue weighted by atomic mass is 10.2. The molecule has 0 unspecified atom stereocenters. The molecule has 0 atom stereocenters. The maximum Gasteiger partial charge on any atom is 0.283 e. The van der Waals surface area contributed by atoms with E-state index < -0.39 is 21.7 Å². The number of sulfonamides is 1. The van der Waals surface area contributed by atoms with Gasteiger partial charge in [-0.25, -0.2) is 18.1 Å². The van der Waals surface area contributed by atoms with Crippen molar-refractivity contribution in [3.05, 3.63) is 58.8 Å². The number of ether oxygens (including phenoxy) is 2. The highest BCUT2D eigenvalue weighted by Gasteiger charge is 2.18. The minimum Gasteiger partial charge on any atom is -0.496 e. The first kappa shape index (κ1) is 19.7. The highest BCUT2D eigenvalue weighted by molar-refractivity contribution is 7.90. The summed E-state index contributed by atoms with van der Waals surface area (Å²) in [5.41, 5.74) is 0.537. The molecule has 0 aliphatic rings. The molecule has 1 N–H and O–H groups in total. The topological polar surface area (TPSA) is 94.6 Å². The number of rotatable bonds is 7. The summed E-state index contributed by atoms with van der Waals surface area (Å²) in [5.74, 6) is -0.831. The molecule has 2 rings (SSSR count). The van der Waals surface area contributed by atoms with Gasteiger partial charge in [-0.1, -0.05) is 42.0 Å². The van der Waals surface area contributed by atoms with Gasteiger partial charge in [-0.05, 0) is 11.6 Å². The summed E-state index contributed by atoms with van der Waals surface area (Å²) in [5, 5.41) is 0.498. The summed E-state index contributed by atoms with van der Waals surface area (Å²) < 4.78 is 36.1. The fourth-order valence-electron chi connectivity index (χ4n) is 1.97. The molecule has 0 radical (unpaired) electrons. The van der Waals surface area contributed by atoms with Crippen molar-refractivity contribution in [3.63, 3.8) is 0 Å². The number of nitrogens with one attached hydrogen (secondary N) is 1. The highest BCUT2D eigenvalue weighted by Crippen LogP contribution is 2.19. The van der Waals surface area contributed by atoms with Gasteiger partial charge < -0.3 is 9.47 Å². The van der Waals surface area contributed by atoms with E-state index in [0.29, 0.717) is 16.3 Å². The van der Waals surface area contributed by atoms with Crippen molar-refractivity contribution >= 4 is 33.6 Å². The number of amides is 1. The summed E-state index contributed by atoms with van der Waals surface area (Å²) in [7, 11) is -1.12. The molecule has 1 aromatic heterocycles. The fourth-order valence-corrected chi connectivity index (χ4v) is 2.99. The Morgan fingerprint density at radius 2 is 1.96 bits per heavy atom. The maximum atomic E-state index is 12.2.